The number of hydrogen-bond acceptors (Lipinski definition) is 3. The molecule has 0 aliphatic heterocycles. The molecular weight excluding hydrogens is 352 g/mol. The number of hydrogen-bond donors (Lipinski definition) is 3. The van der Waals surface area contributed by atoms with E-state index >= 15 is 0 Å². The molecule has 0 bridgehead atoms. The molecule has 6 heteroatoms. The first-order chi connectivity index (χ1) is 13.3. The molecule has 0 aliphatic rings. The van der Waals surface area contributed by atoms with Crippen LogP contribution in [0.4, 0.5) is 10.5 Å². The molecule has 1 atom stereocenters. The van der Waals surface area contributed by atoms with E-state index in [1.807, 2.05) is 27.9 Å². The van der Waals surface area contributed by atoms with E-state index in [-0.39, 0.29) is 24.0 Å². The van der Waals surface area contributed by atoms with Gasteiger partial charge in [0.05, 0.1) is 6.04 Å². The van der Waals surface area contributed by atoms with Gasteiger partial charge in [0.1, 0.15) is 0 Å². The fraction of sp³-hybridized carbons (Fsp3) is 0.364. The lowest BCUT2D eigenvalue weighted by Crippen LogP contribution is -2.35. The van der Waals surface area contributed by atoms with Crippen molar-refractivity contribution in [3.63, 3.8) is 0 Å². The summed E-state index contributed by atoms with van der Waals surface area (Å²) in [7, 11) is 3.99. The normalized spacial score (nSPS) is 12.0. The number of aryl methyl sites for hydroxylation is 1. The molecule has 2 aromatic carbocycles. The van der Waals surface area contributed by atoms with E-state index in [1.54, 1.807) is 24.3 Å². The summed E-state index contributed by atoms with van der Waals surface area (Å²) in [5, 5.41) is 8.50. The maximum Gasteiger partial charge on any atom is 0.319 e. The number of likely N-dealkylation sites (N-methyl/N-ethyl adjacent to an activating group) is 1. The number of carbonyl (C=O) groups is 2. The van der Waals surface area contributed by atoms with Gasteiger partial charge in [-0.05, 0) is 58.6 Å². The molecule has 0 fully saturated rings. The second-order valence-corrected chi connectivity index (χ2v) is 7.43. The van der Waals surface area contributed by atoms with Crippen molar-refractivity contribution in [2.45, 2.75) is 32.9 Å². The van der Waals surface area contributed by atoms with Crippen LogP contribution < -0.4 is 16.0 Å². The highest BCUT2D eigenvalue weighted by Gasteiger charge is 2.16. The molecule has 0 aromatic heterocycles. The van der Waals surface area contributed by atoms with E-state index in [0.29, 0.717) is 17.8 Å². The average Bonchev–Trinajstić information content (AvgIpc) is 2.62. The maximum atomic E-state index is 12.6. The van der Waals surface area contributed by atoms with Crippen LogP contribution in [-0.4, -0.2) is 43.5 Å². The second kappa shape index (κ2) is 9.90. The Hall–Kier alpha value is -2.86. The van der Waals surface area contributed by atoms with Crippen LogP contribution in [0.5, 0.6) is 0 Å². The van der Waals surface area contributed by atoms with Crippen LogP contribution in [-0.2, 0) is 0 Å². The molecule has 3 N–H and O–H groups in total. The zero-order valence-electron chi connectivity index (χ0n) is 17.2. The highest BCUT2D eigenvalue weighted by atomic mass is 16.2. The van der Waals surface area contributed by atoms with Gasteiger partial charge in [-0.3, -0.25) is 4.79 Å². The third kappa shape index (κ3) is 6.39. The molecule has 0 saturated heterocycles. The Kier molecular flexibility index (Phi) is 7.58. The van der Waals surface area contributed by atoms with Crippen LogP contribution in [0.1, 0.15) is 41.4 Å². The van der Waals surface area contributed by atoms with Crippen LogP contribution >= 0.6 is 0 Å². The van der Waals surface area contributed by atoms with Crippen LogP contribution in [0.15, 0.2) is 48.5 Å². The number of nitrogens with zero attached hydrogens (tertiary/aromatic N) is 1. The third-order valence-electron chi connectivity index (χ3n) is 4.34. The smallest absolute Gasteiger partial charge is 0.319 e. The van der Waals surface area contributed by atoms with Gasteiger partial charge in [-0.25, -0.2) is 4.79 Å². The molecule has 6 nitrogen and oxygen atoms in total. The Morgan fingerprint density at radius 3 is 2.32 bits per heavy atom. The van der Waals surface area contributed by atoms with Crippen molar-refractivity contribution in [3.8, 4) is 0 Å². The van der Waals surface area contributed by atoms with Crippen LogP contribution in [0.25, 0.3) is 0 Å². The second-order valence-electron chi connectivity index (χ2n) is 7.43. The molecular formula is C22H30N4O2. The standard InChI is InChI=1S/C22H30N4O2/c1-15(2)24-22(28)25-19-8-6-7-18(13-19)21(27)23-14-20(26(4)5)17-11-9-16(3)10-12-17/h6-13,15,20H,14H2,1-5H3,(H,23,27)(H2,24,25,28). The Balaban J connectivity index is 2.02. The maximum absolute atomic E-state index is 12.6. The molecule has 0 spiro atoms. The van der Waals surface area contributed by atoms with Crippen molar-refractivity contribution in [3.05, 3.63) is 65.2 Å². The lowest BCUT2D eigenvalue weighted by Gasteiger charge is -2.25. The van der Waals surface area contributed by atoms with Gasteiger partial charge in [-0.1, -0.05) is 35.9 Å². The van der Waals surface area contributed by atoms with Gasteiger partial charge in [-0.2, -0.15) is 0 Å². The monoisotopic (exact) mass is 382 g/mol. The lowest BCUT2D eigenvalue weighted by molar-refractivity contribution is 0.0942. The first kappa shape index (κ1) is 21.4. The molecule has 0 radical (unpaired) electrons. The first-order valence-corrected chi connectivity index (χ1v) is 9.45. The molecule has 0 aliphatic carbocycles. The average molecular weight is 383 g/mol. The van der Waals surface area contributed by atoms with E-state index < -0.39 is 0 Å². The quantitative estimate of drug-likeness (QED) is 0.686. The minimum Gasteiger partial charge on any atom is -0.350 e. The highest BCUT2D eigenvalue weighted by Crippen LogP contribution is 2.18. The van der Waals surface area contributed by atoms with E-state index in [4.69, 9.17) is 0 Å². The van der Waals surface area contributed by atoms with Gasteiger partial charge in [0, 0.05) is 23.8 Å². The van der Waals surface area contributed by atoms with Gasteiger partial charge >= 0.3 is 6.03 Å². The van der Waals surface area contributed by atoms with Crippen molar-refractivity contribution in [1.82, 2.24) is 15.5 Å². The zero-order chi connectivity index (χ0) is 20.7. The van der Waals surface area contributed by atoms with E-state index in [1.165, 1.54) is 5.56 Å². The van der Waals surface area contributed by atoms with E-state index in [2.05, 4.69) is 52.0 Å². The van der Waals surface area contributed by atoms with E-state index in [9.17, 15) is 9.59 Å². The first-order valence-electron chi connectivity index (χ1n) is 9.45. The van der Waals surface area contributed by atoms with Gasteiger partial charge in [0.15, 0.2) is 0 Å². The van der Waals surface area contributed by atoms with Crippen LogP contribution in [0.3, 0.4) is 0 Å². The summed E-state index contributed by atoms with van der Waals surface area (Å²) in [6.07, 6.45) is 0. The van der Waals surface area contributed by atoms with Gasteiger partial charge in [0.25, 0.3) is 5.91 Å². The highest BCUT2D eigenvalue weighted by molar-refractivity contribution is 5.96. The number of rotatable bonds is 7. The summed E-state index contributed by atoms with van der Waals surface area (Å²) >= 11 is 0. The van der Waals surface area contributed by atoms with Crippen LogP contribution in [0, 0.1) is 6.92 Å². The van der Waals surface area contributed by atoms with Crippen LogP contribution in [0.2, 0.25) is 0 Å². The Morgan fingerprint density at radius 1 is 1.04 bits per heavy atom. The number of benzene rings is 2. The van der Waals surface area contributed by atoms with Crippen molar-refractivity contribution in [2.24, 2.45) is 0 Å². The number of carbonyl (C=O) groups excluding carboxylic acids is 2. The summed E-state index contributed by atoms with van der Waals surface area (Å²) in [5.74, 6) is -0.174. The summed E-state index contributed by atoms with van der Waals surface area (Å²) in [4.78, 5) is 26.5. The minimum atomic E-state index is -0.292. The number of nitrogens with one attached hydrogen (secondary N) is 3. The fourth-order valence-electron chi connectivity index (χ4n) is 2.85. The molecule has 0 heterocycles. The predicted octanol–water partition coefficient (Wildman–Crippen LogP) is 3.56. The van der Waals surface area contributed by atoms with Gasteiger partial charge in [-0.15, -0.1) is 0 Å². The van der Waals surface area contributed by atoms with Gasteiger partial charge in [0.2, 0.25) is 0 Å². The van der Waals surface area contributed by atoms with Gasteiger partial charge < -0.3 is 20.9 Å². The zero-order valence-corrected chi connectivity index (χ0v) is 17.2. The fourth-order valence-corrected chi connectivity index (χ4v) is 2.85. The molecule has 3 amide bonds. The number of urea groups is 1. The molecule has 1 unspecified atom stereocenters. The molecule has 150 valence electrons. The Morgan fingerprint density at radius 2 is 1.71 bits per heavy atom. The van der Waals surface area contributed by atoms with Crippen molar-refractivity contribution in [2.75, 3.05) is 26.0 Å². The summed E-state index contributed by atoms with van der Waals surface area (Å²) in [6.45, 7) is 6.32. The summed E-state index contributed by atoms with van der Waals surface area (Å²) < 4.78 is 0. The van der Waals surface area contributed by atoms with Crippen molar-refractivity contribution in [1.29, 1.82) is 0 Å². The molecule has 2 rings (SSSR count). The minimum absolute atomic E-state index is 0.0382. The summed E-state index contributed by atoms with van der Waals surface area (Å²) in [6, 6.07) is 15.1. The number of amides is 3. The molecule has 2 aromatic rings. The molecule has 0 saturated carbocycles. The Labute approximate surface area is 167 Å². The van der Waals surface area contributed by atoms with Crippen molar-refractivity contribution < 1.29 is 9.59 Å². The van der Waals surface area contributed by atoms with E-state index in [0.717, 1.165) is 5.56 Å². The van der Waals surface area contributed by atoms with Crippen molar-refractivity contribution >= 4 is 17.6 Å². The summed E-state index contributed by atoms with van der Waals surface area (Å²) in [5.41, 5.74) is 3.44. The topological polar surface area (TPSA) is 73.5 Å². The Bertz CT molecular complexity index is 800. The number of anilines is 1. The SMILES string of the molecule is Cc1ccc(C(CNC(=O)c2cccc(NC(=O)NC(C)C)c2)N(C)C)cc1. The largest absolute Gasteiger partial charge is 0.350 e. The molecule has 28 heavy (non-hydrogen) atoms. The predicted molar refractivity (Wildman–Crippen MR) is 114 cm³/mol. The third-order valence-corrected chi connectivity index (χ3v) is 4.34. The lowest BCUT2D eigenvalue weighted by atomic mass is 10.0.